The Morgan fingerprint density at radius 1 is 1.67 bits per heavy atom. The van der Waals surface area contributed by atoms with E-state index in [1.807, 2.05) is 0 Å². The lowest BCUT2D eigenvalue weighted by Gasteiger charge is -2.20. The van der Waals surface area contributed by atoms with E-state index in [0.717, 1.165) is 13.0 Å². The van der Waals surface area contributed by atoms with E-state index in [0.29, 0.717) is 5.92 Å². The lowest BCUT2D eigenvalue weighted by molar-refractivity contribution is 0.0543. The van der Waals surface area contributed by atoms with Gasteiger partial charge in [-0.05, 0) is 18.8 Å². The normalized spacial score (nSPS) is 31.4. The first kappa shape index (κ1) is 9.54. The van der Waals surface area contributed by atoms with E-state index in [1.54, 1.807) is 0 Å². The van der Waals surface area contributed by atoms with Crippen molar-refractivity contribution in [3.05, 3.63) is 0 Å². The molecule has 3 atom stereocenters. The second-order valence-electron chi connectivity index (χ2n) is 3.63. The Balaban J connectivity index is 2.44. The molecular weight excluding hydrogens is 150 g/mol. The van der Waals surface area contributed by atoms with Gasteiger partial charge in [0.25, 0.3) is 0 Å². The molecule has 1 heterocycles. The largest absolute Gasteiger partial charge is 0.377 e. The van der Waals surface area contributed by atoms with Crippen molar-refractivity contribution in [2.24, 2.45) is 11.8 Å². The van der Waals surface area contributed by atoms with Crippen molar-refractivity contribution in [2.75, 3.05) is 6.61 Å². The standard InChI is InChI=1S/C10H17NO/c1-3-4-8(2)10-9(7-11)5-6-12-10/h8-10H,3-6H2,1-2H3. The van der Waals surface area contributed by atoms with Crippen LogP contribution in [0.25, 0.3) is 0 Å². The van der Waals surface area contributed by atoms with Crippen LogP contribution < -0.4 is 0 Å². The number of hydrogen-bond acceptors (Lipinski definition) is 2. The predicted molar refractivity (Wildman–Crippen MR) is 47.5 cm³/mol. The Morgan fingerprint density at radius 3 is 3.00 bits per heavy atom. The molecule has 3 unspecified atom stereocenters. The summed E-state index contributed by atoms with van der Waals surface area (Å²) in [4.78, 5) is 0. The average molecular weight is 167 g/mol. The van der Waals surface area contributed by atoms with Crippen molar-refractivity contribution >= 4 is 0 Å². The molecule has 0 aliphatic carbocycles. The predicted octanol–water partition coefficient (Wildman–Crippen LogP) is 2.35. The number of hydrogen-bond donors (Lipinski definition) is 0. The Kier molecular flexibility index (Phi) is 3.55. The summed E-state index contributed by atoms with van der Waals surface area (Å²) in [6.07, 6.45) is 3.48. The molecule has 0 N–H and O–H groups in total. The number of nitriles is 1. The summed E-state index contributed by atoms with van der Waals surface area (Å²) in [7, 11) is 0. The molecule has 0 aromatic heterocycles. The molecule has 0 bridgehead atoms. The zero-order valence-corrected chi connectivity index (χ0v) is 7.92. The summed E-state index contributed by atoms with van der Waals surface area (Å²) < 4.78 is 5.55. The molecule has 2 nitrogen and oxygen atoms in total. The zero-order chi connectivity index (χ0) is 8.97. The number of ether oxygens (including phenoxy) is 1. The molecule has 1 aliphatic rings. The first-order valence-electron chi connectivity index (χ1n) is 4.80. The van der Waals surface area contributed by atoms with Gasteiger partial charge < -0.3 is 4.74 Å². The van der Waals surface area contributed by atoms with Gasteiger partial charge in [-0.1, -0.05) is 20.3 Å². The van der Waals surface area contributed by atoms with Crippen LogP contribution in [0, 0.1) is 23.2 Å². The maximum Gasteiger partial charge on any atom is 0.0759 e. The van der Waals surface area contributed by atoms with Gasteiger partial charge in [0.2, 0.25) is 0 Å². The molecule has 1 fully saturated rings. The van der Waals surface area contributed by atoms with Crippen LogP contribution in [-0.2, 0) is 4.74 Å². The molecule has 0 aromatic rings. The Hall–Kier alpha value is -0.550. The highest BCUT2D eigenvalue weighted by molar-refractivity contribution is 4.94. The molecule has 1 rings (SSSR count). The summed E-state index contributed by atoms with van der Waals surface area (Å²) in [6, 6.07) is 2.33. The van der Waals surface area contributed by atoms with Gasteiger partial charge in [-0.3, -0.25) is 0 Å². The first-order valence-corrected chi connectivity index (χ1v) is 4.80. The van der Waals surface area contributed by atoms with E-state index in [9.17, 15) is 0 Å². The summed E-state index contributed by atoms with van der Waals surface area (Å²) in [6.45, 7) is 5.13. The fourth-order valence-corrected chi connectivity index (χ4v) is 1.93. The molecule has 1 saturated heterocycles. The van der Waals surface area contributed by atoms with E-state index in [1.165, 1.54) is 12.8 Å². The fourth-order valence-electron chi connectivity index (χ4n) is 1.93. The van der Waals surface area contributed by atoms with Gasteiger partial charge in [0, 0.05) is 6.61 Å². The molecule has 12 heavy (non-hydrogen) atoms. The average Bonchev–Trinajstić information content (AvgIpc) is 2.51. The van der Waals surface area contributed by atoms with Crippen LogP contribution in [0.4, 0.5) is 0 Å². The van der Waals surface area contributed by atoms with Gasteiger partial charge in [0.15, 0.2) is 0 Å². The second kappa shape index (κ2) is 4.47. The summed E-state index contributed by atoms with van der Waals surface area (Å²) >= 11 is 0. The summed E-state index contributed by atoms with van der Waals surface area (Å²) in [5.74, 6) is 0.689. The minimum absolute atomic E-state index is 0.145. The molecule has 0 amide bonds. The van der Waals surface area contributed by atoms with E-state index in [-0.39, 0.29) is 12.0 Å². The van der Waals surface area contributed by atoms with E-state index < -0.39 is 0 Å². The summed E-state index contributed by atoms with van der Waals surface area (Å²) in [5.41, 5.74) is 0. The van der Waals surface area contributed by atoms with E-state index >= 15 is 0 Å². The molecule has 1 aliphatic heterocycles. The van der Waals surface area contributed by atoms with Crippen molar-refractivity contribution < 1.29 is 4.74 Å². The second-order valence-corrected chi connectivity index (χ2v) is 3.63. The SMILES string of the molecule is CCCC(C)C1OCCC1C#N. The quantitative estimate of drug-likeness (QED) is 0.646. The van der Waals surface area contributed by atoms with Crippen molar-refractivity contribution in [1.82, 2.24) is 0 Å². The maximum absolute atomic E-state index is 8.82. The van der Waals surface area contributed by atoms with Crippen LogP contribution in [0.5, 0.6) is 0 Å². The van der Waals surface area contributed by atoms with Crippen LogP contribution in [0.2, 0.25) is 0 Å². The highest BCUT2D eigenvalue weighted by Crippen LogP contribution is 2.28. The molecule has 2 heteroatoms. The zero-order valence-electron chi connectivity index (χ0n) is 7.92. The highest BCUT2D eigenvalue weighted by Gasteiger charge is 2.31. The van der Waals surface area contributed by atoms with Gasteiger partial charge in [-0.15, -0.1) is 0 Å². The van der Waals surface area contributed by atoms with Crippen LogP contribution in [0.15, 0.2) is 0 Å². The van der Waals surface area contributed by atoms with Gasteiger partial charge in [-0.2, -0.15) is 5.26 Å². The minimum Gasteiger partial charge on any atom is -0.377 e. The van der Waals surface area contributed by atoms with Crippen molar-refractivity contribution in [3.8, 4) is 6.07 Å². The highest BCUT2D eigenvalue weighted by atomic mass is 16.5. The third kappa shape index (κ3) is 1.98. The van der Waals surface area contributed by atoms with Crippen LogP contribution in [0.3, 0.4) is 0 Å². The van der Waals surface area contributed by atoms with Crippen LogP contribution in [0.1, 0.15) is 33.1 Å². The third-order valence-corrected chi connectivity index (χ3v) is 2.61. The fraction of sp³-hybridized carbons (Fsp3) is 0.900. The lowest BCUT2D eigenvalue weighted by Crippen LogP contribution is -2.23. The van der Waals surface area contributed by atoms with E-state index in [4.69, 9.17) is 10.00 Å². The molecule has 68 valence electrons. The Morgan fingerprint density at radius 2 is 2.42 bits per heavy atom. The third-order valence-electron chi connectivity index (χ3n) is 2.61. The van der Waals surface area contributed by atoms with Crippen molar-refractivity contribution in [2.45, 2.75) is 39.2 Å². The topological polar surface area (TPSA) is 33.0 Å². The molecular formula is C10H17NO. The Labute approximate surface area is 74.5 Å². The van der Waals surface area contributed by atoms with Gasteiger partial charge in [0.05, 0.1) is 18.1 Å². The molecule has 0 saturated carbocycles. The lowest BCUT2D eigenvalue weighted by atomic mass is 9.90. The number of rotatable bonds is 3. The minimum atomic E-state index is 0.145. The van der Waals surface area contributed by atoms with E-state index in [2.05, 4.69) is 19.9 Å². The molecule has 0 aromatic carbocycles. The maximum atomic E-state index is 8.82. The van der Waals surface area contributed by atoms with Gasteiger partial charge in [0.1, 0.15) is 0 Å². The Bertz CT molecular complexity index is 173. The first-order chi connectivity index (χ1) is 5.79. The van der Waals surface area contributed by atoms with Crippen LogP contribution >= 0.6 is 0 Å². The monoisotopic (exact) mass is 167 g/mol. The van der Waals surface area contributed by atoms with Crippen molar-refractivity contribution in [3.63, 3.8) is 0 Å². The van der Waals surface area contributed by atoms with Gasteiger partial charge >= 0.3 is 0 Å². The molecule has 0 spiro atoms. The van der Waals surface area contributed by atoms with Crippen molar-refractivity contribution in [1.29, 1.82) is 5.26 Å². The molecule has 0 radical (unpaired) electrons. The van der Waals surface area contributed by atoms with Gasteiger partial charge in [-0.25, -0.2) is 0 Å². The summed E-state index contributed by atoms with van der Waals surface area (Å²) in [5, 5.41) is 8.82. The number of nitrogens with zero attached hydrogens (tertiary/aromatic N) is 1. The van der Waals surface area contributed by atoms with Crippen LogP contribution in [-0.4, -0.2) is 12.7 Å². The smallest absolute Gasteiger partial charge is 0.0759 e.